The van der Waals surface area contributed by atoms with Gasteiger partial charge in [0.2, 0.25) is 0 Å². The average molecular weight is 235 g/mol. The summed E-state index contributed by atoms with van der Waals surface area (Å²) in [5.41, 5.74) is 0.380. The summed E-state index contributed by atoms with van der Waals surface area (Å²) in [6.45, 7) is 1.55. The van der Waals surface area contributed by atoms with E-state index in [4.69, 9.17) is 4.84 Å². The molecule has 17 heavy (non-hydrogen) atoms. The number of carbonyl (C=O) groups is 1. The second-order valence-electron chi connectivity index (χ2n) is 3.90. The molecular weight excluding hydrogens is 221 g/mol. The van der Waals surface area contributed by atoms with Crippen LogP contribution in [0.2, 0.25) is 0 Å². The SMILES string of the molecule is O=C(/C=C/c1ccccc1F)ON1CCCC1. The maximum absolute atomic E-state index is 13.2. The van der Waals surface area contributed by atoms with Crippen LogP contribution in [-0.4, -0.2) is 24.1 Å². The molecule has 0 unspecified atom stereocenters. The molecule has 90 valence electrons. The Morgan fingerprint density at radius 1 is 1.29 bits per heavy atom. The van der Waals surface area contributed by atoms with Gasteiger partial charge in [0, 0.05) is 24.7 Å². The Labute approximate surface area is 99.4 Å². The fourth-order valence-corrected chi connectivity index (χ4v) is 1.71. The lowest BCUT2D eigenvalue weighted by Gasteiger charge is -2.12. The van der Waals surface area contributed by atoms with Gasteiger partial charge in [-0.2, -0.15) is 0 Å². The van der Waals surface area contributed by atoms with Crippen molar-refractivity contribution < 1.29 is 14.0 Å². The molecule has 1 heterocycles. The molecule has 1 aromatic rings. The van der Waals surface area contributed by atoms with Gasteiger partial charge in [-0.25, -0.2) is 9.18 Å². The van der Waals surface area contributed by atoms with Crippen molar-refractivity contribution in [1.29, 1.82) is 0 Å². The van der Waals surface area contributed by atoms with E-state index in [-0.39, 0.29) is 5.82 Å². The molecule has 0 aliphatic carbocycles. The molecule has 0 bridgehead atoms. The van der Waals surface area contributed by atoms with Crippen LogP contribution >= 0.6 is 0 Å². The van der Waals surface area contributed by atoms with Gasteiger partial charge < -0.3 is 4.84 Å². The predicted octanol–water partition coefficient (Wildman–Crippen LogP) is 2.39. The topological polar surface area (TPSA) is 29.5 Å². The fourth-order valence-electron chi connectivity index (χ4n) is 1.71. The second-order valence-corrected chi connectivity index (χ2v) is 3.90. The lowest BCUT2D eigenvalue weighted by molar-refractivity contribution is -0.178. The van der Waals surface area contributed by atoms with Crippen LogP contribution in [0.5, 0.6) is 0 Å². The zero-order chi connectivity index (χ0) is 12.1. The first-order chi connectivity index (χ1) is 8.25. The second kappa shape index (κ2) is 5.59. The fraction of sp³-hybridized carbons (Fsp3) is 0.308. The van der Waals surface area contributed by atoms with Crippen molar-refractivity contribution in [3.05, 3.63) is 41.7 Å². The van der Waals surface area contributed by atoms with Crippen LogP contribution in [0.25, 0.3) is 6.08 Å². The molecule has 1 saturated heterocycles. The van der Waals surface area contributed by atoms with Crippen molar-refractivity contribution in [2.45, 2.75) is 12.8 Å². The number of hydrogen-bond acceptors (Lipinski definition) is 3. The molecule has 1 aliphatic heterocycles. The summed E-state index contributed by atoms with van der Waals surface area (Å²) in [5.74, 6) is -0.812. The molecule has 0 amide bonds. The molecule has 0 radical (unpaired) electrons. The van der Waals surface area contributed by atoms with Crippen molar-refractivity contribution in [2.75, 3.05) is 13.1 Å². The third-order valence-electron chi connectivity index (χ3n) is 2.59. The standard InChI is InChI=1S/C13H14FNO2/c14-12-6-2-1-5-11(12)7-8-13(16)17-15-9-3-4-10-15/h1-2,5-8H,3-4,9-10H2/b8-7+. The van der Waals surface area contributed by atoms with E-state index >= 15 is 0 Å². The molecule has 1 fully saturated rings. The smallest absolute Gasteiger partial charge is 0.349 e. The third kappa shape index (κ3) is 3.39. The van der Waals surface area contributed by atoms with E-state index in [9.17, 15) is 9.18 Å². The summed E-state index contributed by atoms with van der Waals surface area (Å²) in [6.07, 6.45) is 4.76. The van der Waals surface area contributed by atoms with E-state index in [1.165, 1.54) is 18.2 Å². The molecule has 0 atom stereocenters. The summed E-state index contributed by atoms with van der Waals surface area (Å²) < 4.78 is 13.2. The van der Waals surface area contributed by atoms with E-state index in [0.29, 0.717) is 5.56 Å². The highest BCUT2D eigenvalue weighted by Gasteiger charge is 2.14. The molecule has 3 nitrogen and oxygen atoms in total. The Morgan fingerprint density at radius 3 is 2.71 bits per heavy atom. The zero-order valence-corrected chi connectivity index (χ0v) is 9.43. The van der Waals surface area contributed by atoms with Gasteiger partial charge in [-0.05, 0) is 25.0 Å². The summed E-state index contributed by atoms with van der Waals surface area (Å²) in [5, 5.41) is 1.63. The van der Waals surface area contributed by atoms with Crippen molar-refractivity contribution in [3.63, 3.8) is 0 Å². The lowest BCUT2D eigenvalue weighted by Crippen LogP contribution is -2.22. The Hall–Kier alpha value is -1.68. The van der Waals surface area contributed by atoms with Crippen LogP contribution in [0.15, 0.2) is 30.3 Å². The Kier molecular flexibility index (Phi) is 3.88. The highest BCUT2D eigenvalue weighted by Crippen LogP contribution is 2.10. The first kappa shape index (κ1) is 11.8. The highest BCUT2D eigenvalue weighted by atomic mass is 19.1. The third-order valence-corrected chi connectivity index (χ3v) is 2.59. The van der Waals surface area contributed by atoms with Crippen LogP contribution in [0.4, 0.5) is 4.39 Å². The van der Waals surface area contributed by atoms with Gasteiger partial charge in [-0.1, -0.05) is 18.2 Å². The maximum Gasteiger partial charge on any atom is 0.349 e. The van der Waals surface area contributed by atoms with Crippen LogP contribution in [-0.2, 0) is 9.63 Å². The average Bonchev–Trinajstić information content (AvgIpc) is 2.81. The molecule has 1 aliphatic rings. The van der Waals surface area contributed by atoms with Crippen LogP contribution < -0.4 is 0 Å². The molecule has 0 N–H and O–H groups in total. The largest absolute Gasteiger partial charge is 0.364 e. The van der Waals surface area contributed by atoms with Gasteiger partial charge in [0.05, 0.1) is 0 Å². The van der Waals surface area contributed by atoms with Crippen molar-refractivity contribution in [2.24, 2.45) is 0 Å². The highest BCUT2D eigenvalue weighted by molar-refractivity contribution is 5.86. The minimum Gasteiger partial charge on any atom is -0.364 e. The van der Waals surface area contributed by atoms with Gasteiger partial charge in [-0.15, -0.1) is 5.06 Å². The van der Waals surface area contributed by atoms with Crippen LogP contribution in [0, 0.1) is 5.82 Å². The molecule has 0 aromatic heterocycles. The van der Waals surface area contributed by atoms with Gasteiger partial charge in [-0.3, -0.25) is 0 Å². The summed E-state index contributed by atoms with van der Waals surface area (Å²) in [6, 6.07) is 6.28. The Balaban J connectivity index is 1.91. The van der Waals surface area contributed by atoms with E-state index in [0.717, 1.165) is 25.9 Å². The molecule has 2 rings (SSSR count). The summed E-state index contributed by atoms with van der Waals surface area (Å²) in [7, 11) is 0. The van der Waals surface area contributed by atoms with E-state index in [1.807, 2.05) is 0 Å². The number of halogens is 1. The number of benzene rings is 1. The minimum absolute atomic E-state index is 0.349. The van der Waals surface area contributed by atoms with Crippen molar-refractivity contribution in [1.82, 2.24) is 5.06 Å². The number of nitrogens with zero attached hydrogens (tertiary/aromatic N) is 1. The molecular formula is C13H14FNO2. The van der Waals surface area contributed by atoms with Crippen LogP contribution in [0.3, 0.4) is 0 Å². The van der Waals surface area contributed by atoms with Gasteiger partial charge in [0.1, 0.15) is 5.82 Å². The Morgan fingerprint density at radius 2 is 2.00 bits per heavy atom. The van der Waals surface area contributed by atoms with Crippen molar-refractivity contribution in [3.8, 4) is 0 Å². The quantitative estimate of drug-likeness (QED) is 0.753. The predicted molar refractivity (Wildman–Crippen MR) is 62.3 cm³/mol. The van der Waals surface area contributed by atoms with E-state index in [1.54, 1.807) is 23.3 Å². The van der Waals surface area contributed by atoms with Crippen molar-refractivity contribution >= 4 is 12.0 Å². The summed E-state index contributed by atoms with van der Waals surface area (Å²) in [4.78, 5) is 16.5. The van der Waals surface area contributed by atoms with Crippen LogP contribution in [0.1, 0.15) is 18.4 Å². The zero-order valence-electron chi connectivity index (χ0n) is 9.43. The maximum atomic E-state index is 13.2. The number of hydroxylamine groups is 2. The lowest BCUT2D eigenvalue weighted by atomic mass is 10.2. The van der Waals surface area contributed by atoms with E-state index in [2.05, 4.69) is 0 Å². The first-order valence-electron chi connectivity index (χ1n) is 5.65. The number of rotatable bonds is 3. The van der Waals surface area contributed by atoms with Gasteiger partial charge >= 0.3 is 5.97 Å². The van der Waals surface area contributed by atoms with E-state index < -0.39 is 5.97 Å². The number of hydrogen-bond donors (Lipinski definition) is 0. The molecule has 0 spiro atoms. The number of carbonyl (C=O) groups excluding carboxylic acids is 1. The monoisotopic (exact) mass is 235 g/mol. The van der Waals surface area contributed by atoms with Gasteiger partial charge in [0.15, 0.2) is 0 Å². The molecule has 0 saturated carbocycles. The van der Waals surface area contributed by atoms with Gasteiger partial charge in [0.25, 0.3) is 0 Å². The molecule has 1 aromatic carbocycles. The molecule has 4 heteroatoms. The summed E-state index contributed by atoms with van der Waals surface area (Å²) >= 11 is 0. The Bertz CT molecular complexity index is 425. The first-order valence-corrected chi connectivity index (χ1v) is 5.65. The minimum atomic E-state index is -0.463. The normalized spacial score (nSPS) is 16.5.